The SMILES string of the molecule is COC(=O)C1CC(=O)N(OCCC(C)C)C12CCN(Cc1cc(OC)c3c(c1)OCO3)CC2. The fourth-order valence-electron chi connectivity index (χ4n) is 5.05. The summed E-state index contributed by atoms with van der Waals surface area (Å²) in [6, 6.07) is 3.95. The molecule has 1 unspecified atom stereocenters. The Morgan fingerprint density at radius 2 is 1.97 bits per heavy atom. The van der Waals surface area contributed by atoms with E-state index in [1.807, 2.05) is 12.1 Å². The highest BCUT2D eigenvalue weighted by atomic mass is 16.7. The van der Waals surface area contributed by atoms with E-state index in [9.17, 15) is 9.59 Å². The lowest BCUT2D eigenvalue weighted by molar-refractivity contribution is -0.224. The molecule has 9 nitrogen and oxygen atoms in total. The van der Waals surface area contributed by atoms with Crippen molar-refractivity contribution < 1.29 is 33.4 Å². The molecule has 3 heterocycles. The van der Waals surface area contributed by atoms with E-state index in [0.717, 1.165) is 25.1 Å². The number of likely N-dealkylation sites (tertiary alicyclic amines) is 1. The maximum atomic E-state index is 12.8. The number of rotatable bonds is 8. The van der Waals surface area contributed by atoms with Gasteiger partial charge in [0.15, 0.2) is 11.5 Å². The molecule has 0 N–H and O–H groups in total. The standard InChI is InChI=1S/C24H34N2O7/c1-16(2)5-10-33-26-21(27)13-18(23(28)30-4)24(26)6-8-25(9-7-24)14-17-11-19(29-3)22-20(12-17)31-15-32-22/h11-12,16,18H,5-10,13-15H2,1-4H3. The van der Waals surface area contributed by atoms with Gasteiger partial charge in [-0.15, -0.1) is 0 Å². The van der Waals surface area contributed by atoms with Crippen molar-refractivity contribution >= 4 is 11.9 Å². The van der Waals surface area contributed by atoms with Crippen LogP contribution < -0.4 is 14.2 Å². The number of benzene rings is 1. The molecule has 1 atom stereocenters. The average molecular weight is 463 g/mol. The van der Waals surface area contributed by atoms with Crippen LogP contribution >= 0.6 is 0 Å². The van der Waals surface area contributed by atoms with Crippen LogP contribution in [0.1, 0.15) is 45.1 Å². The number of carbonyl (C=O) groups excluding carboxylic acids is 2. The Morgan fingerprint density at radius 1 is 1.21 bits per heavy atom. The number of carbonyl (C=O) groups is 2. The second-order valence-corrected chi connectivity index (χ2v) is 9.40. The average Bonchev–Trinajstić information content (AvgIpc) is 3.38. The molecule has 4 rings (SSSR count). The highest BCUT2D eigenvalue weighted by Gasteiger charge is 2.58. The molecule has 1 amide bonds. The molecular weight excluding hydrogens is 428 g/mol. The summed E-state index contributed by atoms with van der Waals surface area (Å²) in [4.78, 5) is 33.7. The highest BCUT2D eigenvalue weighted by molar-refractivity contribution is 5.88. The zero-order chi connectivity index (χ0) is 23.6. The molecule has 3 aliphatic rings. The van der Waals surface area contributed by atoms with Gasteiger partial charge in [-0.05, 0) is 42.9 Å². The first kappa shape index (κ1) is 23.6. The van der Waals surface area contributed by atoms with Crippen LogP contribution in [0, 0.1) is 11.8 Å². The van der Waals surface area contributed by atoms with E-state index in [0.29, 0.717) is 49.2 Å². The Balaban J connectivity index is 1.47. The zero-order valence-electron chi connectivity index (χ0n) is 19.9. The molecule has 3 aliphatic heterocycles. The number of fused-ring (bicyclic) bond motifs is 1. The number of esters is 1. The summed E-state index contributed by atoms with van der Waals surface area (Å²) in [5, 5.41) is 1.51. The molecule has 2 saturated heterocycles. The number of nitrogens with zero attached hydrogens (tertiary/aromatic N) is 2. The van der Waals surface area contributed by atoms with Crippen molar-refractivity contribution in [1.29, 1.82) is 0 Å². The third-order valence-corrected chi connectivity index (χ3v) is 6.91. The molecule has 0 radical (unpaired) electrons. The highest BCUT2D eigenvalue weighted by Crippen LogP contribution is 2.45. The van der Waals surface area contributed by atoms with Crippen molar-refractivity contribution in [3.8, 4) is 17.2 Å². The summed E-state index contributed by atoms with van der Waals surface area (Å²) < 4.78 is 21.6. The largest absolute Gasteiger partial charge is 0.493 e. The minimum absolute atomic E-state index is 0.133. The van der Waals surface area contributed by atoms with Gasteiger partial charge < -0.3 is 18.9 Å². The van der Waals surface area contributed by atoms with Crippen molar-refractivity contribution in [2.45, 2.75) is 51.6 Å². The van der Waals surface area contributed by atoms with Gasteiger partial charge in [0.05, 0.1) is 32.3 Å². The summed E-state index contributed by atoms with van der Waals surface area (Å²) in [6.45, 7) is 7.03. The number of amides is 1. The third-order valence-electron chi connectivity index (χ3n) is 6.91. The Kier molecular flexibility index (Phi) is 6.99. The van der Waals surface area contributed by atoms with Crippen LogP contribution in [0.4, 0.5) is 0 Å². The van der Waals surface area contributed by atoms with Gasteiger partial charge >= 0.3 is 5.97 Å². The molecule has 0 aromatic heterocycles. The summed E-state index contributed by atoms with van der Waals surface area (Å²) in [7, 11) is 2.99. The van der Waals surface area contributed by atoms with E-state index >= 15 is 0 Å². The maximum Gasteiger partial charge on any atom is 0.311 e. The first-order valence-corrected chi connectivity index (χ1v) is 11.6. The van der Waals surface area contributed by atoms with Crippen LogP contribution in [0.25, 0.3) is 0 Å². The van der Waals surface area contributed by atoms with Crippen molar-refractivity contribution in [3.63, 3.8) is 0 Å². The van der Waals surface area contributed by atoms with Gasteiger partial charge in [-0.1, -0.05) is 13.8 Å². The Bertz CT molecular complexity index is 880. The predicted molar refractivity (Wildman–Crippen MR) is 119 cm³/mol. The quantitative estimate of drug-likeness (QED) is 0.545. The summed E-state index contributed by atoms with van der Waals surface area (Å²) >= 11 is 0. The third kappa shape index (κ3) is 4.61. The van der Waals surface area contributed by atoms with E-state index in [1.165, 1.54) is 12.2 Å². The van der Waals surface area contributed by atoms with Gasteiger partial charge in [0.2, 0.25) is 18.4 Å². The van der Waals surface area contributed by atoms with Crippen LogP contribution in [-0.2, 0) is 25.7 Å². The fraction of sp³-hybridized carbons (Fsp3) is 0.667. The van der Waals surface area contributed by atoms with E-state index in [1.54, 1.807) is 7.11 Å². The predicted octanol–water partition coefficient (Wildman–Crippen LogP) is 2.76. The van der Waals surface area contributed by atoms with Crippen LogP contribution in [0.2, 0.25) is 0 Å². The Morgan fingerprint density at radius 3 is 2.64 bits per heavy atom. The zero-order valence-corrected chi connectivity index (χ0v) is 19.9. The molecule has 9 heteroatoms. The van der Waals surface area contributed by atoms with Gasteiger partial charge in [0.25, 0.3) is 0 Å². The number of hydrogen-bond donors (Lipinski definition) is 0. The summed E-state index contributed by atoms with van der Waals surface area (Å²) in [6.07, 6.45) is 2.26. The lowest BCUT2D eigenvalue weighted by atomic mass is 9.77. The van der Waals surface area contributed by atoms with Crippen LogP contribution in [0.5, 0.6) is 17.2 Å². The normalized spacial score (nSPS) is 21.8. The van der Waals surface area contributed by atoms with E-state index < -0.39 is 11.5 Å². The van der Waals surface area contributed by atoms with Crippen molar-refractivity contribution in [3.05, 3.63) is 17.7 Å². The molecule has 33 heavy (non-hydrogen) atoms. The van der Waals surface area contributed by atoms with Gasteiger partial charge in [-0.3, -0.25) is 19.3 Å². The minimum Gasteiger partial charge on any atom is -0.493 e. The second kappa shape index (κ2) is 9.77. The number of methoxy groups -OCH3 is 2. The van der Waals surface area contributed by atoms with Gasteiger partial charge in [0, 0.05) is 26.1 Å². The molecule has 2 fully saturated rings. The molecule has 0 aliphatic carbocycles. The van der Waals surface area contributed by atoms with Gasteiger partial charge in [-0.2, -0.15) is 0 Å². The first-order valence-electron chi connectivity index (χ1n) is 11.6. The monoisotopic (exact) mass is 462 g/mol. The lowest BCUT2D eigenvalue weighted by Gasteiger charge is -2.45. The van der Waals surface area contributed by atoms with Gasteiger partial charge in [0.1, 0.15) is 0 Å². The molecule has 0 bridgehead atoms. The minimum atomic E-state index is -0.662. The molecule has 1 spiro atoms. The van der Waals surface area contributed by atoms with E-state index in [4.69, 9.17) is 23.8 Å². The van der Waals surface area contributed by atoms with E-state index in [2.05, 4.69) is 18.7 Å². The Labute approximate surface area is 194 Å². The fourth-order valence-corrected chi connectivity index (χ4v) is 5.05. The molecule has 182 valence electrons. The van der Waals surface area contributed by atoms with Crippen molar-refractivity contribution in [2.24, 2.45) is 11.8 Å². The van der Waals surface area contributed by atoms with Crippen molar-refractivity contribution in [1.82, 2.24) is 9.96 Å². The smallest absolute Gasteiger partial charge is 0.311 e. The Hall–Kier alpha value is -2.52. The number of hydroxylamine groups is 2. The van der Waals surface area contributed by atoms with E-state index in [-0.39, 0.29) is 25.1 Å². The second-order valence-electron chi connectivity index (χ2n) is 9.40. The number of ether oxygens (including phenoxy) is 4. The molecule has 0 saturated carbocycles. The first-order chi connectivity index (χ1) is 15.9. The topological polar surface area (TPSA) is 86.8 Å². The van der Waals surface area contributed by atoms with Crippen LogP contribution in [0.3, 0.4) is 0 Å². The van der Waals surface area contributed by atoms with Crippen LogP contribution in [-0.4, -0.2) is 68.1 Å². The summed E-state index contributed by atoms with van der Waals surface area (Å²) in [5.41, 5.74) is 0.397. The van der Waals surface area contributed by atoms with Crippen LogP contribution in [0.15, 0.2) is 12.1 Å². The molecule has 1 aromatic rings. The molecular formula is C24H34N2O7. The summed E-state index contributed by atoms with van der Waals surface area (Å²) in [5.74, 6) is 1.46. The number of piperidine rings is 1. The number of hydrogen-bond acceptors (Lipinski definition) is 8. The lowest BCUT2D eigenvalue weighted by Crippen LogP contribution is -2.57. The van der Waals surface area contributed by atoms with Gasteiger partial charge in [-0.25, -0.2) is 5.06 Å². The van der Waals surface area contributed by atoms with Crippen molar-refractivity contribution in [2.75, 3.05) is 40.7 Å². The maximum absolute atomic E-state index is 12.8. The molecule has 1 aromatic carbocycles.